The molecular formula is C24H20Cl3N3O4S. The molecule has 1 saturated heterocycles. The third kappa shape index (κ3) is 5.67. The summed E-state index contributed by atoms with van der Waals surface area (Å²) in [5.41, 5.74) is 0.896. The average Bonchev–Trinajstić information content (AvgIpc) is 3.26. The Morgan fingerprint density at radius 2 is 1.80 bits per heavy atom. The number of nitrogens with zero attached hydrogens (tertiary/aromatic N) is 2. The van der Waals surface area contributed by atoms with E-state index in [1.807, 2.05) is 18.0 Å². The molecule has 1 N–H and O–H groups in total. The molecule has 0 aromatic heterocycles. The molecule has 0 saturated carbocycles. The molecule has 3 aromatic rings. The van der Waals surface area contributed by atoms with Crippen molar-refractivity contribution in [2.75, 3.05) is 20.1 Å². The molecule has 1 aliphatic heterocycles. The molecule has 1 fully saturated rings. The van der Waals surface area contributed by atoms with Gasteiger partial charge in [0.15, 0.2) is 5.75 Å². The van der Waals surface area contributed by atoms with E-state index in [1.54, 1.807) is 36.4 Å². The van der Waals surface area contributed by atoms with Gasteiger partial charge in [-0.05, 0) is 54.2 Å². The van der Waals surface area contributed by atoms with E-state index >= 15 is 0 Å². The second-order valence-corrected chi connectivity index (χ2v) is 10.8. The summed E-state index contributed by atoms with van der Waals surface area (Å²) in [4.78, 5) is 9.55. The molecule has 1 heterocycles. The molecule has 35 heavy (non-hydrogen) atoms. The fourth-order valence-corrected chi connectivity index (χ4v) is 5.15. The minimum absolute atomic E-state index is 0.000868. The van der Waals surface area contributed by atoms with E-state index in [4.69, 9.17) is 44.4 Å². The molecule has 0 aliphatic carbocycles. The molecule has 3 aromatic carbocycles. The standard InChI is InChI=1S/C24H20Cl3N3O4S/c1-30-10-9-16(14-30)33-22-11-15(7-8-20(22)25)18-12-21(19(13-28)24(27)23(18)26)34-29-35(31,32)17-5-3-2-4-6-17/h2-8,11-12,16,29H,9-10,14H2,1H3/t16-/m1/s1. The first-order chi connectivity index (χ1) is 16.7. The molecule has 182 valence electrons. The Balaban J connectivity index is 1.68. The van der Waals surface area contributed by atoms with E-state index in [0.717, 1.165) is 19.5 Å². The quantitative estimate of drug-likeness (QED) is 0.387. The number of halogens is 3. The Morgan fingerprint density at radius 3 is 2.46 bits per heavy atom. The van der Waals surface area contributed by atoms with Crippen LogP contribution >= 0.6 is 34.8 Å². The number of benzene rings is 3. The summed E-state index contributed by atoms with van der Waals surface area (Å²) in [7, 11) is -1.99. The van der Waals surface area contributed by atoms with Crippen molar-refractivity contribution in [1.29, 1.82) is 5.26 Å². The molecule has 1 aliphatic rings. The number of nitrogens with one attached hydrogen (secondary N) is 1. The van der Waals surface area contributed by atoms with Crippen molar-refractivity contribution in [2.24, 2.45) is 0 Å². The first-order valence-electron chi connectivity index (χ1n) is 10.5. The van der Waals surface area contributed by atoms with Crippen LogP contribution in [0, 0.1) is 11.3 Å². The number of hydrogen-bond acceptors (Lipinski definition) is 6. The largest absolute Gasteiger partial charge is 0.487 e. The predicted octanol–water partition coefficient (Wildman–Crippen LogP) is 5.54. The van der Waals surface area contributed by atoms with Crippen LogP contribution < -0.4 is 14.5 Å². The normalized spacial score (nSPS) is 16.1. The van der Waals surface area contributed by atoms with Crippen molar-refractivity contribution in [3.05, 3.63) is 75.2 Å². The van der Waals surface area contributed by atoms with Crippen LogP contribution in [0.15, 0.2) is 59.5 Å². The predicted molar refractivity (Wildman–Crippen MR) is 136 cm³/mol. The highest BCUT2D eigenvalue weighted by Gasteiger charge is 2.24. The number of likely N-dealkylation sites (tertiary alicyclic amines) is 1. The van der Waals surface area contributed by atoms with Gasteiger partial charge in [-0.3, -0.25) is 0 Å². The smallest absolute Gasteiger partial charge is 0.271 e. The van der Waals surface area contributed by atoms with E-state index in [2.05, 4.69) is 4.90 Å². The molecule has 11 heteroatoms. The zero-order valence-electron chi connectivity index (χ0n) is 18.5. The lowest BCUT2D eigenvalue weighted by Crippen LogP contribution is -2.27. The van der Waals surface area contributed by atoms with Crippen LogP contribution in [0.5, 0.6) is 11.5 Å². The van der Waals surface area contributed by atoms with E-state index in [-0.39, 0.29) is 32.4 Å². The first-order valence-corrected chi connectivity index (χ1v) is 13.1. The molecule has 0 spiro atoms. The van der Waals surface area contributed by atoms with Crippen molar-refractivity contribution < 1.29 is 18.0 Å². The molecule has 0 amide bonds. The van der Waals surface area contributed by atoms with Crippen molar-refractivity contribution >= 4 is 44.8 Å². The summed E-state index contributed by atoms with van der Waals surface area (Å²) in [6, 6.07) is 16.1. The van der Waals surface area contributed by atoms with Gasteiger partial charge < -0.3 is 14.5 Å². The number of nitriles is 1. The minimum Gasteiger partial charge on any atom is -0.487 e. The number of sulfonamides is 1. The lowest BCUT2D eigenvalue weighted by Gasteiger charge is -2.17. The first kappa shape index (κ1) is 25.6. The molecule has 7 nitrogen and oxygen atoms in total. The molecule has 0 bridgehead atoms. The highest BCUT2D eigenvalue weighted by Crippen LogP contribution is 2.42. The lowest BCUT2D eigenvalue weighted by atomic mass is 10.0. The van der Waals surface area contributed by atoms with Gasteiger partial charge in [0, 0.05) is 18.7 Å². The number of ether oxygens (including phenoxy) is 1. The monoisotopic (exact) mass is 551 g/mol. The van der Waals surface area contributed by atoms with E-state index in [1.165, 1.54) is 18.2 Å². The highest BCUT2D eigenvalue weighted by molar-refractivity contribution is 7.89. The molecule has 4 rings (SSSR count). The maximum Gasteiger partial charge on any atom is 0.271 e. The number of rotatable bonds is 7. The molecule has 0 unspecified atom stereocenters. The minimum atomic E-state index is -4.01. The fourth-order valence-electron chi connectivity index (χ4n) is 3.68. The van der Waals surface area contributed by atoms with Gasteiger partial charge in [0.1, 0.15) is 23.5 Å². The van der Waals surface area contributed by atoms with E-state index in [9.17, 15) is 13.7 Å². The van der Waals surface area contributed by atoms with E-state index in [0.29, 0.717) is 21.9 Å². The van der Waals surface area contributed by atoms with Crippen molar-refractivity contribution in [3.8, 4) is 28.7 Å². The maximum absolute atomic E-state index is 12.6. The van der Waals surface area contributed by atoms with Crippen LogP contribution in [0.1, 0.15) is 12.0 Å². The van der Waals surface area contributed by atoms with Crippen molar-refractivity contribution in [3.63, 3.8) is 0 Å². The van der Waals surface area contributed by atoms with Gasteiger partial charge in [-0.1, -0.05) is 59.1 Å². The zero-order chi connectivity index (χ0) is 25.2. The Morgan fingerprint density at radius 1 is 1.06 bits per heavy atom. The highest BCUT2D eigenvalue weighted by atomic mass is 35.5. The average molecular weight is 553 g/mol. The third-order valence-electron chi connectivity index (χ3n) is 5.48. The van der Waals surface area contributed by atoms with Crippen LogP contribution in [0.25, 0.3) is 11.1 Å². The summed E-state index contributed by atoms with van der Waals surface area (Å²) >= 11 is 19.2. The fraction of sp³-hybridized carbons (Fsp3) is 0.208. The SMILES string of the molecule is CN1CC[C@@H](Oc2cc(-c3cc(ONS(=O)(=O)c4ccccc4)c(C#N)c(Cl)c3Cl)ccc2Cl)C1. The summed E-state index contributed by atoms with van der Waals surface area (Å²) in [6.07, 6.45) is 0.874. The second kappa shape index (κ2) is 10.6. The molecular weight excluding hydrogens is 533 g/mol. The van der Waals surface area contributed by atoms with Crippen molar-refractivity contribution in [2.45, 2.75) is 17.4 Å². The van der Waals surface area contributed by atoms with Crippen LogP contribution in [-0.2, 0) is 10.0 Å². The van der Waals surface area contributed by atoms with Gasteiger partial charge in [-0.25, -0.2) is 8.42 Å². The van der Waals surface area contributed by atoms with E-state index < -0.39 is 10.0 Å². The van der Waals surface area contributed by atoms with Gasteiger partial charge in [-0.2, -0.15) is 5.26 Å². The maximum atomic E-state index is 12.6. The lowest BCUT2D eigenvalue weighted by molar-refractivity contribution is 0.208. The van der Waals surface area contributed by atoms with Gasteiger partial charge >= 0.3 is 0 Å². The van der Waals surface area contributed by atoms with Crippen LogP contribution in [0.3, 0.4) is 0 Å². The molecule has 0 radical (unpaired) electrons. The Bertz CT molecular complexity index is 1400. The zero-order valence-corrected chi connectivity index (χ0v) is 21.5. The second-order valence-electron chi connectivity index (χ2n) is 7.97. The van der Waals surface area contributed by atoms with Gasteiger partial charge in [0.2, 0.25) is 0 Å². The Kier molecular flexibility index (Phi) is 7.77. The summed E-state index contributed by atoms with van der Waals surface area (Å²) in [6.45, 7) is 1.71. The Labute approximate surface area is 218 Å². The topological polar surface area (TPSA) is 91.7 Å². The van der Waals surface area contributed by atoms with Crippen molar-refractivity contribution in [1.82, 2.24) is 9.79 Å². The number of likely N-dealkylation sites (N-methyl/N-ethyl adjacent to an activating group) is 1. The van der Waals surface area contributed by atoms with Gasteiger partial charge in [0.25, 0.3) is 10.0 Å². The van der Waals surface area contributed by atoms with Gasteiger partial charge in [0.05, 0.1) is 20.0 Å². The van der Waals surface area contributed by atoms with Crippen LogP contribution in [0.4, 0.5) is 0 Å². The van der Waals surface area contributed by atoms with Crippen LogP contribution in [0.2, 0.25) is 15.1 Å². The summed E-state index contributed by atoms with van der Waals surface area (Å²) in [5.74, 6) is 0.375. The van der Waals surface area contributed by atoms with Gasteiger partial charge in [-0.15, -0.1) is 0 Å². The summed E-state index contributed by atoms with van der Waals surface area (Å²) < 4.78 is 31.2. The Hall–Kier alpha value is -2.51. The molecule has 1 atom stereocenters. The van der Waals surface area contributed by atoms with Crippen LogP contribution in [-0.4, -0.2) is 39.6 Å². The number of hydrogen-bond donors (Lipinski definition) is 1. The summed E-state index contributed by atoms with van der Waals surface area (Å²) in [5, 5.41) is 10.1. The third-order valence-corrected chi connectivity index (χ3v) is 7.86.